The number of hydrogen-bond acceptors (Lipinski definition) is 4. The topological polar surface area (TPSA) is 59.0 Å². The monoisotopic (exact) mass is 279 g/mol. The van der Waals surface area contributed by atoms with Crippen LogP contribution in [0.25, 0.3) is 0 Å². The Labute approximate surface area is 119 Å². The fourth-order valence-corrected chi connectivity index (χ4v) is 2.18. The number of benzene rings is 1. The fraction of sp³-hybridized carbons (Fsp3) is 0.533. The first-order chi connectivity index (χ1) is 9.74. The number of hydrogen-bond donors (Lipinski definition) is 1. The summed E-state index contributed by atoms with van der Waals surface area (Å²) < 4.78 is 10.6. The van der Waals surface area contributed by atoms with Gasteiger partial charge in [-0.3, -0.25) is 4.79 Å². The van der Waals surface area contributed by atoms with Crippen molar-refractivity contribution in [2.45, 2.75) is 32.7 Å². The molecular weight excluding hydrogens is 258 g/mol. The summed E-state index contributed by atoms with van der Waals surface area (Å²) in [6.07, 6.45) is 1.89. The number of nitrogens with zero attached hydrogens (tertiary/aromatic N) is 1. The summed E-state index contributed by atoms with van der Waals surface area (Å²) >= 11 is 0. The average molecular weight is 279 g/mol. The summed E-state index contributed by atoms with van der Waals surface area (Å²) in [5.74, 6) is 1.62. The van der Waals surface area contributed by atoms with Crippen molar-refractivity contribution in [2.75, 3.05) is 19.9 Å². The van der Waals surface area contributed by atoms with E-state index in [1.54, 1.807) is 0 Å². The molecule has 0 fully saturated rings. The van der Waals surface area contributed by atoms with Crippen molar-refractivity contribution >= 4 is 5.91 Å². The zero-order valence-electron chi connectivity index (χ0n) is 11.8. The van der Waals surface area contributed by atoms with E-state index in [2.05, 4.69) is 0 Å². The van der Waals surface area contributed by atoms with Gasteiger partial charge in [-0.15, -0.1) is 0 Å². The molecule has 0 bridgehead atoms. The number of carbonyl (C=O) groups is 1. The highest BCUT2D eigenvalue weighted by Crippen LogP contribution is 2.32. The molecule has 0 aliphatic carbocycles. The van der Waals surface area contributed by atoms with Crippen LogP contribution < -0.4 is 9.47 Å². The molecular formula is C15H21NO4. The molecule has 0 radical (unpaired) electrons. The largest absolute Gasteiger partial charge is 0.454 e. The molecule has 0 atom stereocenters. The summed E-state index contributed by atoms with van der Waals surface area (Å²) in [4.78, 5) is 13.9. The molecule has 2 rings (SSSR count). The second kappa shape index (κ2) is 7.14. The molecule has 5 heteroatoms. The van der Waals surface area contributed by atoms with E-state index in [9.17, 15) is 4.79 Å². The first-order valence-corrected chi connectivity index (χ1v) is 7.01. The van der Waals surface area contributed by atoms with E-state index >= 15 is 0 Å². The lowest BCUT2D eigenvalue weighted by atomic mass is 10.1. The molecule has 5 nitrogen and oxygen atoms in total. The predicted octanol–water partition coefficient (Wildman–Crippen LogP) is 1.93. The Balaban J connectivity index is 1.94. The number of aliphatic hydroxyl groups is 1. The average Bonchev–Trinajstić information content (AvgIpc) is 2.92. The summed E-state index contributed by atoms with van der Waals surface area (Å²) in [7, 11) is 0. The molecule has 1 heterocycles. The summed E-state index contributed by atoms with van der Waals surface area (Å²) in [6, 6.07) is 5.75. The van der Waals surface area contributed by atoms with Crippen LogP contribution in [-0.2, 0) is 11.3 Å². The Kier molecular flexibility index (Phi) is 5.24. The SMILES string of the molecule is CCN(Cc1ccc2c(c1)OCO2)C(=O)CCCCO. The third kappa shape index (κ3) is 3.63. The van der Waals surface area contributed by atoms with Crippen LogP contribution in [0.5, 0.6) is 11.5 Å². The number of amides is 1. The van der Waals surface area contributed by atoms with Crippen molar-refractivity contribution in [3.8, 4) is 11.5 Å². The lowest BCUT2D eigenvalue weighted by molar-refractivity contribution is -0.131. The first kappa shape index (κ1) is 14.7. The second-order valence-corrected chi connectivity index (χ2v) is 4.78. The lowest BCUT2D eigenvalue weighted by Gasteiger charge is -2.21. The van der Waals surface area contributed by atoms with Gasteiger partial charge in [0, 0.05) is 26.1 Å². The van der Waals surface area contributed by atoms with Crippen LogP contribution in [0.4, 0.5) is 0 Å². The minimum atomic E-state index is 0.124. The summed E-state index contributed by atoms with van der Waals surface area (Å²) in [5.41, 5.74) is 1.03. The van der Waals surface area contributed by atoms with Crippen molar-refractivity contribution in [1.82, 2.24) is 4.90 Å². The number of unbranched alkanes of at least 4 members (excludes halogenated alkanes) is 1. The molecule has 0 aromatic heterocycles. The van der Waals surface area contributed by atoms with E-state index in [-0.39, 0.29) is 19.3 Å². The molecule has 0 spiro atoms. The van der Waals surface area contributed by atoms with Crippen molar-refractivity contribution in [3.05, 3.63) is 23.8 Å². The van der Waals surface area contributed by atoms with Gasteiger partial charge >= 0.3 is 0 Å². The van der Waals surface area contributed by atoms with Crippen molar-refractivity contribution < 1.29 is 19.4 Å². The van der Waals surface area contributed by atoms with Crippen molar-refractivity contribution in [1.29, 1.82) is 0 Å². The van der Waals surface area contributed by atoms with E-state index < -0.39 is 0 Å². The molecule has 1 aliphatic rings. The number of fused-ring (bicyclic) bond motifs is 1. The maximum Gasteiger partial charge on any atom is 0.231 e. The molecule has 1 aliphatic heterocycles. The van der Waals surface area contributed by atoms with E-state index in [0.29, 0.717) is 25.9 Å². The summed E-state index contributed by atoms with van der Waals surface area (Å²) in [6.45, 7) is 3.62. The molecule has 110 valence electrons. The Bertz CT molecular complexity index is 461. The van der Waals surface area contributed by atoms with Gasteiger partial charge in [-0.05, 0) is 37.5 Å². The van der Waals surface area contributed by atoms with Gasteiger partial charge < -0.3 is 19.5 Å². The zero-order valence-corrected chi connectivity index (χ0v) is 11.8. The molecule has 1 N–H and O–H groups in total. The number of rotatable bonds is 7. The van der Waals surface area contributed by atoms with E-state index in [4.69, 9.17) is 14.6 Å². The number of ether oxygens (including phenoxy) is 2. The van der Waals surface area contributed by atoms with Crippen LogP contribution in [0.1, 0.15) is 31.7 Å². The standard InChI is InChI=1S/C15H21NO4/c1-2-16(15(18)5-3-4-8-17)10-12-6-7-13-14(9-12)20-11-19-13/h6-7,9,17H,2-5,8,10-11H2,1H3. The molecule has 0 unspecified atom stereocenters. The fourth-order valence-electron chi connectivity index (χ4n) is 2.18. The van der Waals surface area contributed by atoms with Gasteiger partial charge in [0.15, 0.2) is 11.5 Å². The molecule has 1 aromatic rings. The third-order valence-corrected chi connectivity index (χ3v) is 3.34. The second-order valence-electron chi connectivity index (χ2n) is 4.78. The van der Waals surface area contributed by atoms with Crippen LogP contribution in [-0.4, -0.2) is 35.9 Å². The van der Waals surface area contributed by atoms with Gasteiger partial charge in [0.25, 0.3) is 0 Å². The molecule has 0 saturated heterocycles. The summed E-state index contributed by atoms with van der Waals surface area (Å²) in [5, 5.41) is 8.75. The Morgan fingerprint density at radius 3 is 2.85 bits per heavy atom. The third-order valence-electron chi connectivity index (χ3n) is 3.34. The zero-order chi connectivity index (χ0) is 14.4. The highest BCUT2D eigenvalue weighted by molar-refractivity contribution is 5.76. The van der Waals surface area contributed by atoms with Crippen molar-refractivity contribution in [3.63, 3.8) is 0 Å². The minimum absolute atomic E-state index is 0.124. The van der Waals surface area contributed by atoms with Gasteiger partial charge in [0.2, 0.25) is 12.7 Å². The molecule has 1 aromatic carbocycles. The molecule has 20 heavy (non-hydrogen) atoms. The van der Waals surface area contributed by atoms with E-state index in [0.717, 1.165) is 23.5 Å². The number of carbonyl (C=O) groups excluding carboxylic acids is 1. The maximum absolute atomic E-state index is 12.1. The Morgan fingerprint density at radius 2 is 2.10 bits per heavy atom. The smallest absolute Gasteiger partial charge is 0.231 e. The lowest BCUT2D eigenvalue weighted by Crippen LogP contribution is -2.30. The van der Waals surface area contributed by atoms with Crippen LogP contribution in [0.15, 0.2) is 18.2 Å². The normalized spacial score (nSPS) is 12.5. The van der Waals surface area contributed by atoms with Crippen LogP contribution in [0, 0.1) is 0 Å². The van der Waals surface area contributed by atoms with Gasteiger partial charge in [-0.25, -0.2) is 0 Å². The van der Waals surface area contributed by atoms with Crippen LogP contribution >= 0.6 is 0 Å². The van der Waals surface area contributed by atoms with Gasteiger partial charge in [-0.1, -0.05) is 6.07 Å². The highest BCUT2D eigenvalue weighted by atomic mass is 16.7. The maximum atomic E-state index is 12.1. The molecule has 0 saturated carbocycles. The van der Waals surface area contributed by atoms with Gasteiger partial charge in [0.1, 0.15) is 0 Å². The highest BCUT2D eigenvalue weighted by Gasteiger charge is 2.16. The van der Waals surface area contributed by atoms with Gasteiger partial charge in [0.05, 0.1) is 0 Å². The van der Waals surface area contributed by atoms with Gasteiger partial charge in [-0.2, -0.15) is 0 Å². The van der Waals surface area contributed by atoms with Crippen LogP contribution in [0.2, 0.25) is 0 Å². The van der Waals surface area contributed by atoms with Crippen molar-refractivity contribution in [2.24, 2.45) is 0 Å². The number of aliphatic hydroxyl groups excluding tert-OH is 1. The predicted molar refractivity (Wildman–Crippen MR) is 74.6 cm³/mol. The van der Waals surface area contributed by atoms with Crippen LogP contribution in [0.3, 0.4) is 0 Å². The Morgan fingerprint density at radius 1 is 1.30 bits per heavy atom. The molecule has 1 amide bonds. The first-order valence-electron chi connectivity index (χ1n) is 7.01. The minimum Gasteiger partial charge on any atom is -0.454 e. The quantitative estimate of drug-likeness (QED) is 0.775. The Hall–Kier alpha value is -1.75. The van der Waals surface area contributed by atoms with E-state index in [1.807, 2.05) is 30.0 Å². The van der Waals surface area contributed by atoms with E-state index in [1.165, 1.54) is 0 Å².